The van der Waals surface area contributed by atoms with E-state index >= 15 is 0 Å². The summed E-state index contributed by atoms with van der Waals surface area (Å²) in [7, 11) is 0. The van der Waals surface area contributed by atoms with Crippen LogP contribution < -0.4 is 5.43 Å². The van der Waals surface area contributed by atoms with Crippen LogP contribution in [0.3, 0.4) is 0 Å². The number of benzene rings is 3. The van der Waals surface area contributed by atoms with Gasteiger partial charge in [0.2, 0.25) is 0 Å². The number of carboxylic acids is 1. The fourth-order valence-corrected chi connectivity index (χ4v) is 2.55. The molecule has 0 aliphatic heterocycles. The summed E-state index contributed by atoms with van der Waals surface area (Å²) >= 11 is 5.83. The molecule has 0 aromatic heterocycles. The second kappa shape index (κ2) is 6.60. The maximum Gasteiger partial charge on any atom is 0.337 e. The standard InChI is InChI=1S/C18H13ClN2O3/c19-16-7-6-12(9-14(16)18(23)24)21-20-10-15-13-4-2-1-3-11(13)5-8-17(15)22/h1-10,21-22H,(H,23,24). The number of phenolic OH excluding ortho intramolecular Hbond substituents is 1. The fraction of sp³-hybridized carbons (Fsp3) is 0. The molecule has 0 aliphatic rings. The molecule has 6 heteroatoms. The Hall–Kier alpha value is -3.05. The van der Waals surface area contributed by atoms with Crippen LogP contribution in [0.2, 0.25) is 5.02 Å². The van der Waals surface area contributed by atoms with Crippen molar-refractivity contribution in [2.45, 2.75) is 0 Å². The van der Waals surface area contributed by atoms with Crippen LogP contribution in [0, 0.1) is 0 Å². The summed E-state index contributed by atoms with van der Waals surface area (Å²) in [5.74, 6) is -0.999. The molecule has 3 N–H and O–H groups in total. The van der Waals surface area contributed by atoms with Crippen molar-refractivity contribution in [1.29, 1.82) is 0 Å². The molecule has 120 valence electrons. The molecule has 0 amide bonds. The third kappa shape index (κ3) is 3.16. The molecule has 0 fully saturated rings. The van der Waals surface area contributed by atoms with E-state index in [9.17, 15) is 9.90 Å². The van der Waals surface area contributed by atoms with E-state index in [-0.39, 0.29) is 16.3 Å². The molecular formula is C18H13ClN2O3. The van der Waals surface area contributed by atoms with Gasteiger partial charge in [-0.15, -0.1) is 0 Å². The van der Waals surface area contributed by atoms with Crippen LogP contribution in [-0.2, 0) is 0 Å². The van der Waals surface area contributed by atoms with E-state index in [0.29, 0.717) is 11.3 Å². The Morgan fingerprint density at radius 3 is 2.71 bits per heavy atom. The van der Waals surface area contributed by atoms with E-state index in [1.165, 1.54) is 18.3 Å². The van der Waals surface area contributed by atoms with E-state index < -0.39 is 5.97 Å². The number of hydrazone groups is 1. The van der Waals surface area contributed by atoms with Crippen molar-refractivity contribution in [3.63, 3.8) is 0 Å². The number of rotatable bonds is 4. The van der Waals surface area contributed by atoms with Crippen LogP contribution in [0.15, 0.2) is 59.7 Å². The van der Waals surface area contributed by atoms with Crippen molar-refractivity contribution in [2.75, 3.05) is 5.43 Å². The highest BCUT2D eigenvalue weighted by Gasteiger charge is 2.09. The lowest BCUT2D eigenvalue weighted by molar-refractivity contribution is 0.0697. The number of phenols is 1. The van der Waals surface area contributed by atoms with E-state index in [1.54, 1.807) is 12.1 Å². The van der Waals surface area contributed by atoms with Gasteiger partial charge in [-0.1, -0.05) is 41.9 Å². The van der Waals surface area contributed by atoms with Crippen molar-refractivity contribution < 1.29 is 15.0 Å². The van der Waals surface area contributed by atoms with E-state index in [4.69, 9.17) is 16.7 Å². The third-order valence-electron chi connectivity index (χ3n) is 3.53. The lowest BCUT2D eigenvalue weighted by Crippen LogP contribution is -1.99. The second-order valence-electron chi connectivity index (χ2n) is 5.09. The summed E-state index contributed by atoms with van der Waals surface area (Å²) < 4.78 is 0. The molecule has 0 atom stereocenters. The molecule has 3 aromatic rings. The van der Waals surface area contributed by atoms with Gasteiger partial charge in [0, 0.05) is 5.56 Å². The maximum absolute atomic E-state index is 11.1. The molecule has 24 heavy (non-hydrogen) atoms. The molecule has 0 radical (unpaired) electrons. The Morgan fingerprint density at radius 2 is 1.92 bits per heavy atom. The quantitative estimate of drug-likeness (QED) is 0.487. The monoisotopic (exact) mass is 340 g/mol. The van der Waals surface area contributed by atoms with Gasteiger partial charge in [-0.3, -0.25) is 5.43 Å². The lowest BCUT2D eigenvalue weighted by Gasteiger charge is -2.06. The SMILES string of the molecule is O=C(O)c1cc(NN=Cc2c(O)ccc3ccccc23)ccc1Cl. The minimum absolute atomic E-state index is 0.00938. The number of aromatic carboxylic acids is 1. The molecule has 0 heterocycles. The molecule has 0 unspecified atom stereocenters. The molecule has 3 aromatic carbocycles. The zero-order valence-electron chi connectivity index (χ0n) is 12.4. The van der Waals surface area contributed by atoms with Crippen LogP contribution in [0.1, 0.15) is 15.9 Å². The first-order valence-corrected chi connectivity index (χ1v) is 7.46. The number of nitrogens with one attached hydrogen (secondary N) is 1. The number of anilines is 1. The van der Waals surface area contributed by atoms with Gasteiger partial charge in [-0.05, 0) is 35.0 Å². The van der Waals surface area contributed by atoms with Crippen LogP contribution in [0.4, 0.5) is 5.69 Å². The molecule has 0 saturated heterocycles. The summed E-state index contributed by atoms with van der Waals surface area (Å²) in [4.78, 5) is 11.1. The first-order valence-electron chi connectivity index (χ1n) is 7.09. The Kier molecular flexibility index (Phi) is 4.35. The number of carbonyl (C=O) groups is 1. The number of carboxylic acid groups (broad SMARTS) is 1. The van der Waals surface area contributed by atoms with Crippen LogP contribution in [-0.4, -0.2) is 22.4 Å². The summed E-state index contributed by atoms with van der Waals surface area (Å²) in [6.45, 7) is 0. The van der Waals surface area contributed by atoms with E-state index in [2.05, 4.69) is 10.5 Å². The third-order valence-corrected chi connectivity index (χ3v) is 3.86. The molecule has 5 nitrogen and oxygen atoms in total. The summed E-state index contributed by atoms with van der Waals surface area (Å²) in [6.07, 6.45) is 1.49. The average molecular weight is 341 g/mol. The molecule has 3 rings (SSSR count). The van der Waals surface area contributed by atoms with Gasteiger partial charge in [0.1, 0.15) is 5.75 Å². The van der Waals surface area contributed by atoms with Gasteiger partial charge >= 0.3 is 5.97 Å². The van der Waals surface area contributed by atoms with Gasteiger partial charge < -0.3 is 10.2 Å². The first kappa shape index (κ1) is 15.8. The van der Waals surface area contributed by atoms with Crippen molar-refractivity contribution >= 4 is 40.2 Å². The Labute approximate surface area is 142 Å². The summed E-state index contributed by atoms with van der Waals surface area (Å²) in [5.41, 5.74) is 3.79. The van der Waals surface area contributed by atoms with Crippen LogP contribution in [0.5, 0.6) is 5.75 Å². The topological polar surface area (TPSA) is 81.9 Å². The molecule has 0 saturated carbocycles. The van der Waals surface area contributed by atoms with Crippen molar-refractivity contribution in [2.24, 2.45) is 5.10 Å². The predicted octanol–water partition coefficient (Wildman–Crippen LogP) is 4.34. The van der Waals surface area contributed by atoms with Gasteiger partial charge in [0.15, 0.2) is 0 Å². The minimum Gasteiger partial charge on any atom is -0.507 e. The number of aromatic hydroxyl groups is 1. The molecule has 0 bridgehead atoms. The molecule has 0 aliphatic carbocycles. The Morgan fingerprint density at radius 1 is 1.12 bits per heavy atom. The summed E-state index contributed by atoms with van der Waals surface area (Å²) in [6, 6.07) is 15.6. The zero-order valence-corrected chi connectivity index (χ0v) is 13.2. The maximum atomic E-state index is 11.1. The largest absolute Gasteiger partial charge is 0.507 e. The van der Waals surface area contributed by atoms with Gasteiger partial charge in [0.25, 0.3) is 0 Å². The van der Waals surface area contributed by atoms with Gasteiger partial charge in [-0.25, -0.2) is 4.79 Å². The normalized spacial score (nSPS) is 11.0. The van der Waals surface area contributed by atoms with E-state index in [1.807, 2.05) is 30.3 Å². The Balaban J connectivity index is 1.89. The highest BCUT2D eigenvalue weighted by atomic mass is 35.5. The number of fused-ring (bicyclic) bond motifs is 1. The predicted molar refractivity (Wildman–Crippen MR) is 95.2 cm³/mol. The number of hydrogen-bond donors (Lipinski definition) is 3. The van der Waals surface area contributed by atoms with Crippen molar-refractivity contribution in [3.05, 3.63) is 70.7 Å². The van der Waals surface area contributed by atoms with E-state index in [0.717, 1.165) is 10.8 Å². The van der Waals surface area contributed by atoms with Gasteiger partial charge in [-0.2, -0.15) is 5.10 Å². The molecule has 0 spiro atoms. The lowest BCUT2D eigenvalue weighted by atomic mass is 10.0. The number of hydrogen-bond acceptors (Lipinski definition) is 4. The summed E-state index contributed by atoms with van der Waals surface area (Å²) in [5, 5.41) is 25.2. The second-order valence-corrected chi connectivity index (χ2v) is 5.50. The van der Waals surface area contributed by atoms with Gasteiger partial charge in [0.05, 0.1) is 22.5 Å². The highest BCUT2D eigenvalue weighted by Crippen LogP contribution is 2.25. The van der Waals surface area contributed by atoms with Crippen molar-refractivity contribution in [3.8, 4) is 5.75 Å². The minimum atomic E-state index is -1.11. The van der Waals surface area contributed by atoms with Crippen molar-refractivity contribution in [1.82, 2.24) is 0 Å². The Bertz CT molecular complexity index is 954. The highest BCUT2D eigenvalue weighted by molar-refractivity contribution is 6.33. The first-order chi connectivity index (χ1) is 11.6. The van der Waals surface area contributed by atoms with Crippen LogP contribution in [0.25, 0.3) is 10.8 Å². The van der Waals surface area contributed by atoms with Crippen LogP contribution >= 0.6 is 11.6 Å². The molecular weight excluding hydrogens is 328 g/mol. The smallest absolute Gasteiger partial charge is 0.337 e. The number of halogens is 1. The number of nitrogens with zero attached hydrogens (tertiary/aromatic N) is 1. The zero-order chi connectivity index (χ0) is 17.1. The fourth-order valence-electron chi connectivity index (χ4n) is 2.35. The average Bonchev–Trinajstić information content (AvgIpc) is 2.58.